The lowest BCUT2D eigenvalue weighted by atomic mass is 9.97. The molecular formula is C11H11F6NO. The Morgan fingerprint density at radius 2 is 1.32 bits per heavy atom. The molecule has 0 aliphatic carbocycles. The summed E-state index contributed by atoms with van der Waals surface area (Å²) < 4.78 is 75.2. The van der Waals surface area contributed by atoms with E-state index in [-0.39, 0.29) is 6.07 Å². The SMILES string of the molecule is C[C@@H](O)[C@@H](N)c1cc(C(F)(F)F)cc(C(F)(F)F)c1. The van der Waals surface area contributed by atoms with Gasteiger partial charge in [0, 0.05) is 0 Å². The van der Waals surface area contributed by atoms with Crippen molar-refractivity contribution in [2.24, 2.45) is 5.73 Å². The zero-order chi connectivity index (χ0) is 15.0. The van der Waals surface area contributed by atoms with Gasteiger partial charge in [0.1, 0.15) is 0 Å². The van der Waals surface area contributed by atoms with Crippen LogP contribution < -0.4 is 5.73 Å². The molecule has 19 heavy (non-hydrogen) atoms. The number of rotatable bonds is 2. The third-order valence-corrected chi connectivity index (χ3v) is 2.51. The summed E-state index contributed by atoms with van der Waals surface area (Å²) in [7, 11) is 0. The van der Waals surface area contributed by atoms with E-state index in [2.05, 4.69) is 0 Å². The molecule has 108 valence electrons. The van der Waals surface area contributed by atoms with Crippen molar-refractivity contribution in [1.82, 2.24) is 0 Å². The molecule has 0 saturated carbocycles. The van der Waals surface area contributed by atoms with E-state index in [1.54, 1.807) is 0 Å². The highest BCUT2D eigenvalue weighted by atomic mass is 19.4. The summed E-state index contributed by atoms with van der Waals surface area (Å²) in [6.07, 6.45) is -11.1. The predicted molar refractivity (Wildman–Crippen MR) is 55.1 cm³/mol. The Morgan fingerprint density at radius 3 is 1.58 bits per heavy atom. The minimum absolute atomic E-state index is 0.0122. The van der Waals surface area contributed by atoms with Crippen LogP contribution in [0.2, 0.25) is 0 Å². The van der Waals surface area contributed by atoms with Crippen LogP contribution in [0.1, 0.15) is 29.7 Å². The molecule has 0 unspecified atom stereocenters. The topological polar surface area (TPSA) is 46.2 Å². The van der Waals surface area contributed by atoms with Crippen LogP contribution in [0.4, 0.5) is 26.3 Å². The van der Waals surface area contributed by atoms with Crippen molar-refractivity contribution in [1.29, 1.82) is 0 Å². The highest BCUT2D eigenvalue weighted by molar-refractivity contribution is 5.35. The lowest BCUT2D eigenvalue weighted by Gasteiger charge is -2.19. The maximum atomic E-state index is 12.5. The van der Waals surface area contributed by atoms with Gasteiger partial charge in [-0.1, -0.05) is 0 Å². The molecule has 0 aliphatic heterocycles. The average Bonchev–Trinajstić information content (AvgIpc) is 2.24. The summed E-state index contributed by atoms with van der Waals surface area (Å²) in [5.41, 5.74) is 2.06. The van der Waals surface area contributed by atoms with Gasteiger partial charge in [-0.3, -0.25) is 0 Å². The molecule has 0 aliphatic rings. The lowest BCUT2D eigenvalue weighted by molar-refractivity contribution is -0.143. The summed E-state index contributed by atoms with van der Waals surface area (Å²) in [5, 5.41) is 9.17. The van der Waals surface area contributed by atoms with Gasteiger partial charge in [-0.05, 0) is 30.7 Å². The van der Waals surface area contributed by atoms with Crippen molar-refractivity contribution in [3.63, 3.8) is 0 Å². The molecule has 0 amide bonds. The quantitative estimate of drug-likeness (QED) is 0.821. The molecule has 0 fully saturated rings. The molecule has 0 heterocycles. The van der Waals surface area contributed by atoms with Crippen molar-refractivity contribution in [2.75, 3.05) is 0 Å². The van der Waals surface area contributed by atoms with Crippen molar-refractivity contribution in [3.8, 4) is 0 Å². The van der Waals surface area contributed by atoms with E-state index in [4.69, 9.17) is 5.73 Å². The van der Waals surface area contributed by atoms with Gasteiger partial charge < -0.3 is 10.8 Å². The highest BCUT2D eigenvalue weighted by Crippen LogP contribution is 2.37. The Balaban J connectivity index is 3.41. The third kappa shape index (κ3) is 3.84. The zero-order valence-corrected chi connectivity index (χ0v) is 9.68. The maximum absolute atomic E-state index is 12.5. The first-order valence-electron chi connectivity index (χ1n) is 5.16. The van der Waals surface area contributed by atoms with E-state index in [0.717, 1.165) is 0 Å². The van der Waals surface area contributed by atoms with Gasteiger partial charge in [-0.15, -0.1) is 0 Å². The molecule has 2 atom stereocenters. The fraction of sp³-hybridized carbons (Fsp3) is 0.455. The van der Waals surface area contributed by atoms with Gasteiger partial charge in [0.15, 0.2) is 0 Å². The summed E-state index contributed by atoms with van der Waals surface area (Å²) in [6.45, 7) is 1.18. The van der Waals surface area contributed by atoms with Gasteiger partial charge in [-0.25, -0.2) is 0 Å². The van der Waals surface area contributed by atoms with Crippen molar-refractivity contribution < 1.29 is 31.4 Å². The summed E-state index contributed by atoms with van der Waals surface area (Å²) in [6, 6.07) is -0.305. The molecule has 0 saturated heterocycles. The Kier molecular flexibility index (Phi) is 4.16. The summed E-state index contributed by atoms with van der Waals surface area (Å²) in [5.74, 6) is 0. The molecule has 0 aromatic heterocycles. The standard InChI is InChI=1S/C11H11F6NO/c1-5(19)9(18)6-2-7(10(12,13)14)4-8(3-6)11(15,16)17/h2-5,9,19H,18H2,1H3/t5-,9-/m1/s1. The first-order chi connectivity index (χ1) is 8.43. The number of aliphatic hydroxyl groups is 1. The fourth-order valence-corrected chi connectivity index (χ4v) is 1.45. The molecule has 2 nitrogen and oxygen atoms in total. The zero-order valence-electron chi connectivity index (χ0n) is 9.68. The molecule has 0 spiro atoms. The first-order valence-corrected chi connectivity index (χ1v) is 5.16. The van der Waals surface area contributed by atoms with Crippen LogP contribution >= 0.6 is 0 Å². The fourth-order valence-electron chi connectivity index (χ4n) is 1.45. The minimum atomic E-state index is -4.92. The van der Waals surface area contributed by atoms with Crippen LogP contribution in [0.5, 0.6) is 0 Å². The van der Waals surface area contributed by atoms with Crippen LogP contribution in [-0.4, -0.2) is 11.2 Å². The van der Waals surface area contributed by atoms with Crippen molar-refractivity contribution in [2.45, 2.75) is 31.4 Å². The molecule has 1 rings (SSSR count). The Morgan fingerprint density at radius 1 is 0.947 bits per heavy atom. The predicted octanol–water partition coefficient (Wildman–Crippen LogP) is 3.10. The number of alkyl halides is 6. The first kappa shape index (κ1) is 15.8. The Hall–Kier alpha value is -1.28. The largest absolute Gasteiger partial charge is 0.416 e. The number of halogens is 6. The minimum Gasteiger partial charge on any atom is -0.391 e. The number of nitrogens with two attached hydrogens (primary N) is 1. The van der Waals surface area contributed by atoms with Crippen LogP contribution in [0, 0.1) is 0 Å². The highest BCUT2D eigenvalue weighted by Gasteiger charge is 2.37. The Bertz CT molecular complexity index is 419. The molecule has 8 heteroatoms. The molecule has 1 aromatic rings. The van der Waals surface area contributed by atoms with Gasteiger partial charge in [0.05, 0.1) is 23.3 Å². The Labute approximate surface area is 104 Å². The van der Waals surface area contributed by atoms with Crippen LogP contribution in [0.3, 0.4) is 0 Å². The summed E-state index contributed by atoms with van der Waals surface area (Å²) >= 11 is 0. The van der Waals surface area contributed by atoms with Gasteiger partial charge >= 0.3 is 12.4 Å². The molecule has 1 aromatic carbocycles. The second kappa shape index (κ2) is 5.01. The summed E-state index contributed by atoms with van der Waals surface area (Å²) in [4.78, 5) is 0. The van der Waals surface area contributed by atoms with Gasteiger partial charge in [-0.2, -0.15) is 26.3 Å². The van der Waals surface area contributed by atoms with E-state index in [1.165, 1.54) is 6.92 Å². The van der Waals surface area contributed by atoms with Crippen LogP contribution in [0.25, 0.3) is 0 Å². The smallest absolute Gasteiger partial charge is 0.391 e. The normalized spacial score (nSPS) is 16.3. The van der Waals surface area contributed by atoms with Crippen molar-refractivity contribution >= 4 is 0 Å². The molecule has 0 radical (unpaired) electrons. The number of hydrogen-bond donors (Lipinski definition) is 2. The lowest BCUT2D eigenvalue weighted by Crippen LogP contribution is -2.24. The van der Waals surface area contributed by atoms with E-state index >= 15 is 0 Å². The third-order valence-electron chi connectivity index (χ3n) is 2.51. The average molecular weight is 287 g/mol. The van der Waals surface area contributed by atoms with Crippen molar-refractivity contribution in [3.05, 3.63) is 34.9 Å². The van der Waals surface area contributed by atoms with Gasteiger partial charge in [0.25, 0.3) is 0 Å². The van der Waals surface area contributed by atoms with Crippen LogP contribution in [-0.2, 0) is 12.4 Å². The van der Waals surface area contributed by atoms with E-state index in [0.29, 0.717) is 12.1 Å². The maximum Gasteiger partial charge on any atom is 0.416 e. The van der Waals surface area contributed by atoms with E-state index in [1.807, 2.05) is 0 Å². The number of benzene rings is 1. The second-order valence-electron chi connectivity index (χ2n) is 4.11. The monoisotopic (exact) mass is 287 g/mol. The molecular weight excluding hydrogens is 276 g/mol. The van der Waals surface area contributed by atoms with Gasteiger partial charge in [0.2, 0.25) is 0 Å². The number of hydrogen-bond acceptors (Lipinski definition) is 2. The molecule has 3 N–H and O–H groups in total. The second-order valence-corrected chi connectivity index (χ2v) is 4.11. The van der Waals surface area contributed by atoms with Crippen LogP contribution in [0.15, 0.2) is 18.2 Å². The molecule has 0 bridgehead atoms. The van der Waals surface area contributed by atoms with E-state index in [9.17, 15) is 31.4 Å². The number of aliphatic hydroxyl groups excluding tert-OH is 1. The van der Waals surface area contributed by atoms with E-state index < -0.39 is 41.2 Å².